The highest BCUT2D eigenvalue weighted by molar-refractivity contribution is 7.12. The molecule has 0 atom stereocenters. The van der Waals surface area contributed by atoms with Gasteiger partial charge in [-0.25, -0.2) is 8.78 Å². The minimum Gasteiger partial charge on any atom is -0.395 e. The van der Waals surface area contributed by atoms with E-state index in [1.54, 1.807) is 17.5 Å². The zero-order chi connectivity index (χ0) is 12.0. The number of halogens is 2. The number of aliphatic hydroxyl groups is 1. The van der Waals surface area contributed by atoms with Crippen LogP contribution in [0.3, 0.4) is 0 Å². The Morgan fingerprint density at radius 3 is 2.81 bits per heavy atom. The molecule has 1 aromatic heterocycles. The van der Waals surface area contributed by atoms with Gasteiger partial charge in [-0.15, -0.1) is 11.3 Å². The highest BCUT2D eigenvalue weighted by atomic mass is 32.1. The molecule has 0 aliphatic rings. The predicted molar refractivity (Wildman–Crippen MR) is 58.2 cm³/mol. The number of aliphatic hydroxyl groups excluding tert-OH is 1. The molecular weight excluding hydrogens is 236 g/mol. The van der Waals surface area contributed by atoms with E-state index in [-0.39, 0.29) is 25.5 Å². The number of ketones is 1. The molecule has 0 fully saturated rings. The third kappa shape index (κ3) is 4.34. The predicted octanol–water partition coefficient (Wildman–Crippen LogP) is 1.49. The zero-order valence-corrected chi connectivity index (χ0v) is 9.42. The molecule has 0 spiro atoms. The molecule has 90 valence electrons. The average molecular weight is 249 g/mol. The Kier molecular flexibility index (Phi) is 5.51. The number of nitrogens with zero attached hydrogens (tertiary/aromatic N) is 1. The molecule has 0 saturated heterocycles. The summed E-state index contributed by atoms with van der Waals surface area (Å²) in [6.07, 6.45) is -2.50. The average Bonchev–Trinajstić information content (AvgIpc) is 2.69. The summed E-state index contributed by atoms with van der Waals surface area (Å²) in [5.74, 6) is -0.191. The number of carbonyl (C=O) groups excluding carboxylic acids is 1. The summed E-state index contributed by atoms with van der Waals surface area (Å²) in [6.45, 7) is -0.713. The molecule has 1 heterocycles. The molecule has 0 amide bonds. The quantitative estimate of drug-likeness (QED) is 0.744. The highest BCUT2D eigenvalue weighted by Gasteiger charge is 2.16. The summed E-state index contributed by atoms with van der Waals surface area (Å²) in [4.78, 5) is 13.4. The highest BCUT2D eigenvalue weighted by Crippen LogP contribution is 2.10. The van der Waals surface area contributed by atoms with Crippen molar-refractivity contribution in [3.05, 3.63) is 22.4 Å². The Labute approximate surface area is 96.3 Å². The molecule has 0 aliphatic carbocycles. The minimum atomic E-state index is -2.50. The molecule has 6 heteroatoms. The Hall–Kier alpha value is -0.850. The standard InChI is InChI=1S/C10H13F2NO2S/c11-10(12)7-13(3-4-14)6-8(15)9-2-1-5-16-9/h1-2,5,10,14H,3-4,6-7H2. The van der Waals surface area contributed by atoms with Gasteiger partial charge >= 0.3 is 0 Å². The molecule has 0 radical (unpaired) electrons. The fourth-order valence-corrected chi connectivity index (χ4v) is 1.95. The van der Waals surface area contributed by atoms with Crippen molar-refractivity contribution in [2.45, 2.75) is 6.43 Å². The van der Waals surface area contributed by atoms with E-state index in [1.807, 2.05) is 0 Å². The van der Waals surface area contributed by atoms with Gasteiger partial charge in [0.15, 0.2) is 5.78 Å². The maximum absolute atomic E-state index is 12.2. The third-order valence-electron chi connectivity index (χ3n) is 1.98. The van der Waals surface area contributed by atoms with Crippen LogP contribution in [0, 0.1) is 0 Å². The monoisotopic (exact) mass is 249 g/mol. The third-order valence-corrected chi connectivity index (χ3v) is 2.89. The largest absolute Gasteiger partial charge is 0.395 e. The van der Waals surface area contributed by atoms with Gasteiger partial charge in [0.05, 0.1) is 24.6 Å². The molecule has 0 bridgehead atoms. The van der Waals surface area contributed by atoms with Crippen molar-refractivity contribution in [1.29, 1.82) is 0 Å². The van der Waals surface area contributed by atoms with E-state index in [0.717, 1.165) is 0 Å². The van der Waals surface area contributed by atoms with Crippen molar-refractivity contribution in [2.75, 3.05) is 26.2 Å². The summed E-state index contributed by atoms with van der Waals surface area (Å²) in [5, 5.41) is 10.5. The first kappa shape index (κ1) is 13.2. The van der Waals surface area contributed by atoms with Gasteiger partial charge in [-0.05, 0) is 11.4 Å². The smallest absolute Gasteiger partial charge is 0.251 e. The van der Waals surface area contributed by atoms with Gasteiger partial charge in [-0.3, -0.25) is 9.69 Å². The number of hydrogen-bond donors (Lipinski definition) is 1. The van der Waals surface area contributed by atoms with E-state index in [2.05, 4.69) is 0 Å². The van der Waals surface area contributed by atoms with E-state index in [4.69, 9.17) is 5.11 Å². The minimum absolute atomic E-state index is 0.0780. The summed E-state index contributed by atoms with van der Waals surface area (Å²) >= 11 is 1.28. The Morgan fingerprint density at radius 1 is 1.56 bits per heavy atom. The van der Waals surface area contributed by atoms with Gasteiger partial charge in [0.2, 0.25) is 0 Å². The van der Waals surface area contributed by atoms with Gasteiger partial charge in [-0.2, -0.15) is 0 Å². The fraction of sp³-hybridized carbons (Fsp3) is 0.500. The molecule has 16 heavy (non-hydrogen) atoms. The Balaban J connectivity index is 2.51. The molecule has 1 aromatic rings. The molecule has 1 rings (SSSR count). The van der Waals surface area contributed by atoms with Crippen LogP contribution in [0.4, 0.5) is 8.78 Å². The van der Waals surface area contributed by atoms with Crippen molar-refractivity contribution < 1.29 is 18.7 Å². The lowest BCUT2D eigenvalue weighted by Crippen LogP contribution is -2.35. The lowest BCUT2D eigenvalue weighted by Gasteiger charge is -2.19. The lowest BCUT2D eigenvalue weighted by molar-refractivity contribution is 0.0691. The van der Waals surface area contributed by atoms with Crippen LogP contribution < -0.4 is 0 Å². The van der Waals surface area contributed by atoms with E-state index in [1.165, 1.54) is 16.2 Å². The molecule has 0 aliphatic heterocycles. The van der Waals surface area contributed by atoms with Crippen molar-refractivity contribution in [3.63, 3.8) is 0 Å². The first-order chi connectivity index (χ1) is 7.63. The number of alkyl halides is 2. The molecule has 0 aromatic carbocycles. The molecule has 1 N–H and O–H groups in total. The van der Waals surface area contributed by atoms with Crippen LogP contribution in [0.1, 0.15) is 9.67 Å². The van der Waals surface area contributed by atoms with E-state index in [9.17, 15) is 13.6 Å². The van der Waals surface area contributed by atoms with E-state index < -0.39 is 13.0 Å². The van der Waals surface area contributed by atoms with Crippen molar-refractivity contribution in [2.24, 2.45) is 0 Å². The second-order valence-electron chi connectivity index (χ2n) is 3.25. The van der Waals surface area contributed by atoms with Crippen LogP contribution in [0.15, 0.2) is 17.5 Å². The second kappa shape index (κ2) is 6.67. The van der Waals surface area contributed by atoms with E-state index >= 15 is 0 Å². The first-order valence-corrected chi connectivity index (χ1v) is 5.69. The van der Waals surface area contributed by atoms with Crippen LogP contribution in [-0.4, -0.2) is 48.5 Å². The van der Waals surface area contributed by atoms with Crippen molar-refractivity contribution in [3.8, 4) is 0 Å². The molecule has 0 unspecified atom stereocenters. The summed E-state index contributed by atoms with van der Waals surface area (Å²) in [5.41, 5.74) is 0. The van der Waals surface area contributed by atoms with Crippen molar-refractivity contribution in [1.82, 2.24) is 4.90 Å². The van der Waals surface area contributed by atoms with Gasteiger partial charge in [0.25, 0.3) is 6.43 Å². The SMILES string of the molecule is O=C(CN(CCO)CC(F)F)c1cccs1. The van der Waals surface area contributed by atoms with Crippen LogP contribution >= 0.6 is 11.3 Å². The Morgan fingerprint density at radius 2 is 2.31 bits per heavy atom. The van der Waals surface area contributed by atoms with Crippen LogP contribution in [0.25, 0.3) is 0 Å². The van der Waals surface area contributed by atoms with Crippen LogP contribution in [0.5, 0.6) is 0 Å². The first-order valence-electron chi connectivity index (χ1n) is 4.81. The fourth-order valence-electron chi connectivity index (χ4n) is 1.29. The summed E-state index contributed by atoms with van der Waals surface area (Å²) in [6, 6.07) is 3.40. The molecular formula is C10H13F2NO2S. The Bertz CT molecular complexity index is 317. The topological polar surface area (TPSA) is 40.5 Å². The van der Waals surface area contributed by atoms with Crippen LogP contribution in [-0.2, 0) is 0 Å². The number of carbonyl (C=O) groups is 1. The zero-order valence-electron chi connectivity index (χ0n) is 8.60. The number of thiophene rings is 1. The van der Waals surface area contributed by atoms with Gasteiger partial charge in [0, 0.05) is 6.54 Å². The molecule has 0 saturated carbocycles. The summed E-state index contributed by atoms with van der Waals surface area (Å²) in [7, 11) is 0. The maximum atomic E-state index is 12.2. The number of Topliss-reactive ketones (excluding diaryl/α,β-unsaturated/α-hetero) is 1. The van der Waals surface area contributed by atoms with Gasteiger partial charge in [-0.1, -0.05) is 6.07 Å². The number of hydrogen-bond acceptors (Lipinski definition) is 4. The normalized spacial score (nSPS) is 11.3. The second-order valence-corrected chi connectivity index (χ2v) is 4.20. The number of rotatable bonds is 7. The maximum Gasteiger partial charge on any atom is 0.251 e. The molecule has 3 nitrogen and oxygen atoms in total. The van der Waals surface area contributed by atoms with Gasteiger partial charge < -0.3 is 5.11 Å². The van der Waals surface area contributed by atoms with Crippen molar-refractivity contribution >= 4 is 17.1 Å². The van der Waals surface area contributed by atoms with E-state index in [0.29, 0.717) is 4.88 Å². The summed E-state index contributed by atoms with van der Waals surface area (Å²) < 4.78 is 24.3. The van der Waals surface area contributed by atoms with Crippen LogP contribution in [0.2, 0.25) is 0 Å². The van der Waals surface area contributed by atoms with Gasteiger partial charge in [0.1, 0.15) is 0 Å². The lowest BCUT2D eigenvalue weighted by atomic mass is 10.3.